The summed E-state index contributed by atoms with van der Waals surface area (Å²) in [6.07, 6.45) is -8.80. The minimum absolute atomic E-state index is 0.152. The number of hydrogen-bond acceptors (Lipinski definition) is 17. The van der Waals surface area contributed by atoms with Crippen LogP contribution in [0.4, 0.5) is 26.2 Å². The Morgan fingerprint density at radius 1 is 1.16 bits per heavy atom. The summed E-state index contributed by atoms with van der Waals surface area (Å²) in [6, 6.07) is 0. The van der Waals surface area contributed by atoms with Crippen molar-refractivity contribution in [2.45, 2.75) is 42.6 Å². The fraction of sp³-hybridized carbons (Fsp3) is 0.526. The number of nitrogens with two attached hydrogens (primary N) is 1. The molecule has 7 rings (SSSR count). The van der Waals surface area contributed by atoms with E-state index in [4.69, 9.17) is 33.3 Å². The van der Waals surface area contributed by atoms with Crippen LogP contribution >= 0.6 is 26.9 Å². The standard InChI is InChI=1S/C19H22F2N10O11P2S/c20-8-6-1-38-43(34,35)42-12-7(37-3-19(12,21)31-13-10(28-29-31)15(32)24-4-23-13)2-39-44(36,45)41-11(8)17(40-6)30-5-25-9-14(30)26-18(22)27-16(9)33/h4-8,11-12,17,28-29H,1-3H2,(H,34,35)(H,36,45)(H,23,24,32)(H3,22,26,27,33)/t6-,7-,8-,11-,12-,17-,19+,44?/m1/s1. The van der Waals surface area contributed by atoms with Crippen molar-refractivity contribution in [3.05, 3.63) is 33.4 Å². The molecular weight excluding hydrogens is 676 g/mol. The molecule has 21 nitrogen and oxygen atoms in total. The molecule has 4 aliphatic rings. The predicted molar refractivity (Wildman–Crippen MR) is 147 cm³/mol. The second-order valence-corrected chi connectivity index (χ2v) is 14.4. The van der Waals surface area contributed by atoms with E-state index in [1.54, 1.807) is 0 Å². The zero-order chi connectivity index (χ0) is 31.9. The van der Waals surface area contributed by atoms with Gasteiger partial charge in [-0.2, -0.15) is 4.98 Å². The van der Waals surface area contributed by atoms with Gasteiger partial charge in [0.05, 0.1) is 25.9 Å². The van der Waals surface area contributed by atoms with Gasteiger partial charge in [0.1, 0.15) is 24.9 Å². The first-order chi connectivity index (χ1) is 21.3. The van der Waals surface area contributed by atoms with Crippen LogP contribution in [0.1, 0.15) is 6.23 Å². The number of hydrazine groups is 2. The summed E-state index contributed by atoms with van der Waals surface area (Å²) in [5.74, 6) is -3.42. The van der Waals surface area contributed by atoms with E-state index in [0.29, 0.717) is 5.01 Å². The second kappa shape index (κ2) is 10.8. The normalized spacial score (nSPS) is 38.6. The van der Waals surface area contributed by atoms with E-state index in [0.717, 1.165) is 17.2 Å². The fourth-order valence-electron chi connectivity index (χ4n) is 5.25. The van der Waals surface area contributed by atoms with Gasteiger partial charge in [-0.3, -0.25) is 42.7 Å². The van der Waals surface area contributed by atoms with Crippen LogP contribution < -0.4 is 32.8 Å². The van der Waals surface area contributed by atoms with E-state index >= 15 is 8.78 Å². The molecule has 7 N–H and O–H groups in total. The van der Waals surface area contributed by atoms with Crippen LogP contribution in [0, 0.1) is 0 Å². The number of imidazole rings is 1. The van der Waals surface area contributed by atoms with Gasteiger partial charge in [-0.1, -0.05) is 12.2 Å². The van der Waals surface area contributed by atoms with Crippen LogP contribution in [0.3, 0.4) is 0 Å². The zero-order valence-corrected chi connectivity index (χ0v) is 24.9. The zero-order valence-electron chi connectivity index (χ0n) is 22.2. The number of thiol groups is 1. The molecule has 0 amide bonds. The molecule has 0 aliphatic carbocycles. The molecular formula is C19H22F2N10O11P2S. The number of hydrogen-bond donors (Lipinski definition) is 7. The molecule has 26 heteroatoms. The predicted octanol–water partition coefficient (Wildman–Crippen LogP) is -0.608. The molecule has 0 saturated carbocycles. The van der Waals surface area contributed by atoms with Crippen LogP contribution in [0.25, 0.3) is 11.2 Å². The van der Waals surface area contributed by atoms with Crippen molar-refractivity contribution < 1.29 is 50.4 Å². The highest BCUT2D eigenvalue weighted by molar-refractivity contribution is 8.44. The lowest BCUT2D eigenvalue weighted by molar-refractivity contribution is -0.0595. The van der Waals surface area contributed by atoms with Gasteiger partial charge in [0, 0.05) is 0 Å². The first-order valence-corrected chi connectivity index (χ1v) is 17.0. The molecule has 45 heavy (non-hydrogen) atoms. The number of ether oxygens (including phenoxy) is 2. The molecule has 0 radical (unpaired) electrons. The Labute approximate surface area is 252 Å². The van der Waals surface area contributed by atoms with Gasteiger partial charge < -0.3 is 25.1 Å². The van der Waals surface area contributed by atoms with Crippen molar-refractivity contribution in [1.29, 1.82) is 0 Å². The van der Waals surface area contributed by atoms with Crippen molar-refractivity contribution in [2.75, 3.05) is 36.0 Å². The Balaban J connectivity index is 1.21. The molecule has 4 aliphatic heterocycles. The molecule has 3 aromatic rings. The van der Waals surface area contributed by atoms with Crippen molar-refractivity contribution in [2.24, 2.45) is 0 Å². The Morgan fingerprint density at radius 3 is 2.73 bits per heavy atom. The summed E-state index contributed by atoms with van der Waals surface area (Å²) in [6.45, 7) is -7.20. The van der Waals surface area contributed by atoms with Gasteiger partial charge in [-0.25, -0.2) is 32.9 Å². The summed E-state index contributed by atoms with van der Waals surface area (Å²) in [7, 11) is -5.27. The fourth-order valence-corrected chi connectivity index (χ4v) is 7.68. The molecule has 3 saturated heterocycles. The van der Waals surface area contributed by atoms with Crippen LogP contribution in [-0.4, -0.2) is 90.6 Å². The number of phosphoric acid groups is 1. The Bertz CT molecular complexity index is 1880. The summed E-state index contributed by atoms with van der Waals surface area (Å²) >= 11 is 3.93. The van der Waals surface area contributed by atoms with Crippen LogP contribution in [-0.2, 0) is 36.7 Å². The maximum Gasteiger partial charge on any atom is 0.472 e. The van der Waals surface area contributed by atoms with Gasteiger partial charge in [0.2, 0.25) is 5.95 Å². The quantitative estimate of drug-likeness (QED) is 0.0999. The molecule has 2 bridgehead atoms. The highest BCUT2D eigenvalue weighted by Crippen LogP contribution is 2.59. The summed E-state index contributed by atoms with van der Waals surface area (Å²) in [4.78, 5) is 51.4. The van der Waals surface area contributed by atoms with Crippen molar-refractivity contribution in [1.82, 2.24) is 35.0 Å². The number of aromatic nitrogens is 6. The van der Waals surface area contributed by atoms with Gasteiger partial charge in [0.25, 0.3) is 16.9 Å². The Hall–Kier alpha value is -3.02. The maximum absolute atomic E-state index is 16.7. The van der Waals surface area contributed by atoms with Crippen LogP contribution in [0.2, 0.25) is 0 Å². The van der Waals surface area contributed by atoms with E-state index in [-0.39, 0.29) is 28.6 Å². The third-order valence-electron chi connectivity index (χ3n) is 7.28. The first-order valence-electron chi connectivity index (χ1n) is 12.8. The van der Waals surface area contributed by atoms with Crippen LogP contribution in [0.5, 0.6) is 0 Å². The van der Waals surface area contributed by atoms with Gasteiger partial charge in [-0.05, 0) is 0 Å². The lowest BCUT2D eigenvalue weighted by Gasteiger charge is -2.35. The van der Waals surface area contributed by atoms with Crippen molar-refractivity contribution in [3.8, 4) is 0 Å². The number of phosphoric ester groups is 1. The number of rotatable bonds is 2. The minimum atomic E-state index is -5.27. The highest BCUT2D eigenvalue weighted by atomic mass is 32.7. The average Bonchev–Trinajstić information content (AvgIpc) is 3.73. The number of aromatic amines is 2. The topological polar surface area (TPSA) is 272 Å². The molecule has 7 heterocycles. The minimum Gasteiger partial charge on any atom is -0.369 e. The molecule has 244 valence electrons. The molecule has 0 aromatic carbocycles. The van der Waals surface area contributed by atoms with Crippen molar-refractivity contribution >= 4 is 55.5 Å². The lowest BCUT2D eigenvalue weighted by Crippen LogP contribution is -2.60. The number of H-pyrrole nitrogens is 2. The number of nitrogen functional groups attached to an aromatic ring is 1. The Kier molecular flexibility index (Phi) is 7.33. The maximum atomic E-state index is 16.7. The molecule has 3 aromatic heterocycles. The number of nitrogens with one attached hydrogen (secondary N) is 4. The number of halogens is 2. The Morgan fingerprint density at radius 2 is 1.93 bits per heavy atom. The van der Waals surface area contributed by atoms with E-state index in [9.17, 15) is 23.6 Å². The third kappa shape index (κ3) is 5.24. The number of nitrogens with zero attached hydrogens (tertiary/aromatic N) is 5. The average molecular weight is 698 g/mol. The van der Waals surface area contributed by atoms with E-state index in [2.05, 4.69) is 48.1 Å². The van der Waals surface area contributed by atoms with Gasteiger partial charge in [0.15, 0.2) is 41.2 Å². The van der Waals surface area contributed by atoms with E-state index in [1.807, 2.05) is 0 Å². The van der Waals surface area contributed by atoms with E-state index in [1.165, 1.54) is 0 Å². The van der Waals surface area contributed by atoms with Gasteiger partial charge >= 0.3 is 14.6 Å². The third-order valence-corrected chi connectivity index (χ3v) is 9.86. The number of fused-ring (bicyclic) bond motifs is 5. The summed E-state index contributed by atoms with van der Waals surface area (Å²) in [5, 5.41) is 0.700. The molecule has 9 atom stereocenters. The number of alkyl halides is 2. The summed E-state index contributed by atoms with van der Waals surface area (Å²) in [5.41, 5.74) is 8.56. The van der Waals surface area contributed by atoms with Gasteiger partial charge in [-0.15, -0.1) is 5.53 Å². The summed E-state index contributed by atoms with van der Waals surface area (Å²) < 4.78 is 92.3. The molecule has 3 fully saturated rings. The van der Waals surface area contributed by atoms with Crippen LogP contribution in [0.15, 0.2) is 22.2 Å². The van der Waals surface area contributed by atoms with Crippen molar-refractivity contribution in [3.63, 3.8) is 0 Å². The highest BCUT2D eigenvalue weighted by Gasteiger charge is 2.61. The second-order valence-electron chi connectivity index (χ2n) is 10.1. The molecule has 0 spiro atoms. The number of anilines is 3. The monoisotopic (exact) mass is 698 g/mol. The SMILES string of the molecule is Nc1nc2c(ncn2[C@@H]2O[C@@H]3COP(=O)(O)O[C@@H]4[C@@H](COP(=O)(S)O[C@@H]2[C@@H]3F)OC[C@]4(F)N2NNc3c2nc[nH]c3=O)c(=O)[nH]1. The lowest BCUT2D eigenvalue weighted by atomic mass is 10.1. The van der Waals surface area contributed by atoms with E-state index < -0.39 is 88.2 Å². The first kappa shape index (κ1) is 30.6. The smallest absolute Gasteiger partial charge is 0.369 e. The molecule has 2 unspecified atom stereocenters. The largest absolute Gasteiger partial charge is 0.472 e.